The van der Waals surface area contributed by atoms with Crippen molar-refractivity contribution in [3.63, 3.8) is 0 Å². The van der Waals surface area contributed by atoms with E-state index in [9.17, 15) is 4.79 Å². The average Bonchev–Trinajstić information content (AvgIpc) is 2.53. The molecular weight excluding hydrogens is 262 g/mol. The van der Waals surface area contributed by atoms with E-state index in [-0.39, 0.29) is 0 Å². The highest BCUT2D eigenvalue weighted by Crippen LogP contribution is 2.16. The molecule has 0 aliphatic heterocycles. The lowest BCUT2D eigenvalue weighted by atomic mass is 10.1. The van der Waals surface area contributed by atoms with Gasteiger partial charge in [0.05, 0.1) is 0 Å². The van der Waals surface area contributed by atoms with Gasteiger partial charge in [0.1, 0.15) is 0 Å². The Labute approximate surface area is 122 Å². The van der Waals surface area contributed by atoms with E-state index in [4.69, 9.17) is 5.73 Å². The molecule has 104 valence electrons. The second-order valence-corrected chi connectivity index (χ2v) is 4.85. The maximum Gasteiger partial charge on any atom is 0.248 e. The fourth-order valence-electron chi connectivity index (χ4n) is 2.20. The SMILES string of the molecule is NC(=O)c1ccc(NCc2ccc3cnccc3c2)cc1. The molecule has 0 aliphatic carbocycles. The van der Waals surface area contributed by atoms with Crippen LogP contribution >= 0.6 is 0 Å². The van der Waals surface area contributed by atoms with Crippen molar-refractivity contribution in [1.82, 2.24) is 4.98 Å². The minimum absolute atomic E-state index is 0.412. The van der Waals surface area contributed by atoms with Crippen LogP contribution in [-0.2, 0) is 6.54 Å². The molecule has 1 heterocycles. The van der Waals surface area contributed by atoms with E-state index in [0.717, 1.165) is 11.1 Å². The van der Waals surface area contributed by atoms with Crippen molar-refractivity contribution in [2.75, 3.05) is 5.32 Å². The van der Waals surface area contributed by atoms with Crippen LogP contribution in [0.25, 0.3) is 10.8 Å². The lowest BCUT2D eigenvalue weighted by Gasteiger charge is -2.08. The average molecular weight is 277 g/mol. The van der Waals surface area contributed by atoms with Crippen molar-refractivity contribution in [1.29, 1.82) is 0 Å². The van der Waals surface area contributed by atoms with Gasteiger partial charge in [-0.05, 0) is 47.3 Å². The summed E-state index contributed by atoms with van der Waals surface area (Å²) in [5, 5.41) is 5.63. The van der Waals surface area contributed by atoms with Crippen LogP contribution < -0.4 is 11.1 Å². The summed E-state index contributed by atoms with van der Waals surface area (Å²) >= 11 is 0. The fraction of sp³-hybridized carbons (Fsp3) is 0.0588. The molecule has 2 aromatic carbocycles. The molecule has 4 nitrogen and oxygen atoms in total. The zero-order valence-electron chi connectivity index (χ0n) is 11.4. The number of pyridine rings is 1. The number of primary amides is 1. The number of rotatable bonds is 4. The maximum atomic E-state index is 11.0. The summed E-state index contributed by atoms with van der Waals surface area (Å²) in [6.45, 7) is 0.716. The highest BCUT2D eigenvalue weighted by molar-refractivity contribution is 5.93. The van der Waals surface area contributed by atoms with Gasteiger partial charge in [0.2, 0.25) is 5.91 Å². The molecule has 0 radical (unpaired) electrons. The third kappa shape index (κ3) is 3.00. The Morgan fingerprint density at radius 1 is 1.05 bits per heavy atom. The zero-order valence-corrected chi connectivity index (χ0v) is 11.4. The normalized spacial score (nSPS) is 10.5. The number of carbonyl (C=O) groups excluding carboxylic acids is 1. The van der Waals surface area contributed by atoms with Crippen LogP contribution in [0.3, 0.4) is 0 Å². The number of nitrogens with one attached hydrogen (secondary N) is 1. The quantitative estimate of drug-likeness (QED) is 0.770. The Morgan fingerprint density at radius 2 is 1.86 bits per heavy atom. The van der Waals surface area contributed by atoms with E-state index in [1.807, 2.05) is 24.4 Å². The summed E-state index contributed by atoms with van der Waals surface area (Å²) in [6.07, 6.45) is 3.65. The molecular formula is C17H15N3O. The molecule has 0 aliphatic rings. The first-order valence-corrected chi connectivity index (χ1v) is 6.69. The van der Waals surface area contributed by atoms with Crippen molar-refractivity contribution in [3.8, 4) is 0 Å². The van der Waals surface area contributed by atoms with Gasteiger partial charge >= 0.3 is 0 Å². The third-order valence-corrected chi connectivity index (χ3v) is 3.37. The number of fused-ring (bicyclic) bond motifs is 1. The van der Waals surface area contributed by atoms with Crippen LogP contribution in [0.2, 0.25) is 0 Å². The van der Waals surface area contributed by atoms with Crippen molar-refractivity contribution in [2.45, 2.75) is 6.54 Å². The minimum Gasteiger partial charge on any atom is -0.381 e. The first-order chi connectivity index (χ1) is 10.2. The molecule has 3 N–H and O–H groups in total. The van der Waals surface area contributed by atoms with Crippen LogP contribution in [0, 0.1) is 0 Å². The molecule has 1 amide bonds. The Balaban J connectivity index is 1.72. The van der Waals surface area contributed by atoms with E-state index in [2.05, 4.69) is 28.5 Å². The number of benzene rings is 2. The number of aromatic nitrogens is 1. The van der Waals surface area contributed by atoms with E-state index in [1.165, 1.54) is 10.9 Å². The van der Waals surface area contributed by atoms with Crippen LogP contribution in [0.1, 0.15) is 15.9 Å². The smallest absolute Gasteiger partial charge is 0.248 e. The predicted octanol–water partition coefficient (Wildman–Crippen LogP) is 2.95. The molecule has 0 fully saturated rings. The summed E-state index contributed by atoms with van der Waals surface area (Å²) in [4.78, 5) is 15.1. The Bertz CT molecular complexity index is 781. The lowest BCUT2D eigenvalue weighted by Crippen LogP contribution is -2.10. The van der Waals surface area contributed by atoms with Gasteiger partial charge in [-0.15, -0.1) is 0 Å². The molecule has 0 spiro atoms. The Morgan fingerprint density at radius 3 is 2.62 bits per heavy atom. The minimum atomic E-state index is -0.412. The van der Waals surface area contributed by atoms with E-state index < -0.39 is 5.91 Å². The zero-order chi connectivity index (χ0) is 14.7. The second-order valence-electron chi connectivity index (χ2n) is 4.85. The first kappa shape index (κ1) is 13.1. The van der Waals surface area contributed by atoms with Gasteiger partial charge in [0.25, 0.3) is 0 Å². The molecule has 0 atom stereocenters. The van der Waals surface area contributed by atoms with Crippen LogP contribution in [0.4, 0.5) is 5.69 Å². The monoisotopic (exact) mass is 277 g/mol. The Kier molecular flexibility index (Phi) is 3.51. The standard InChI is InChI=1S/C17H15N3O/c18-17(21)13-3-5-16(6-4-13)20-10-12-1-2-15-11-19-8-7-14(15)9-12/h1-9,11,20H,10H2,(H2,18,21). The fourth-order valence-corrected chi connectivity index (χ4v) is 2.20. The van der Waals surface area contributed by atoms with Gasteiger partial charge in [0.15, 0.2) is 0 Å². The largest absolute Gasteiger partial charge is 0.381 e. The molecule has 21 heavy (non-hydrogen) atoms. The number of anilines is 1. The molecule has 3 aromatic rings. The summed E-state index contributed by atoms with van der Waals surface area (Å²) in [6, 6.07) is 15.4. The Hall–Kier alpha value is -2.88. The van der Waals surface area contributed by atoms with Crippen molar-refractivity contribution in [3.05, 3.63) is 72.1 Å². The topological polar surface area (TPSA) is 68.0 Å². The van der Waals surface area contributed by atoms with E-state index >= 15 is 0 Å². The number of hydrogen-bond donors (Lipinski definition) is 2. The number of nitrogens with zero attached hydrogens (tertiary/aromatic N) is 1. The van der Waals surface area contributed by atoms with Gasteiger partial charge in [-0.25, -0.2) is 0 Å². The number of carbonyl (C=O) groups is 1. The molecule has 0 bridgehead atoms. The van der Waals surface area contributed by atoms with Crippen LogP contribution in [0.15, 0.2) is 60.9 Å². The summed E-state index contributed by atoms with van der Waals surface area (Å²) < 4.78 is 0. The predicted molar refractivity (Wildman–Crippen MR) is 84.0 cm³/mol. The van der Waals surface area contributed by atoms with Gasteiger partial charge in [-0.3, -0.25) is 9.78 Å². The lowest BCUT2D eigenvalue weighted by molar-refractivity contribution is 0.100. The van der Waals surface area contributed by atoms with Crippen LogP contribution in [0.5, 0.6) is 0 Å². The number of nitrogens with two attached hydrogens (primary N) is 1. The molecule has 0 unspecified atom stereocenters. The third-order valence-electron chi connectivity index (χ3n) is 3.37. The summed E-state index contributed by atoms with van der Waals surface area (Å²) in [5.74, 6) is -0.412. The van der Waals surface area contributed by atoms with Crippen molar-refractivity contribution < 1.29 is 4.79 Å². The number of amides is 1. The highest BCUT2D eigenvalue weighted by Gasteiger charge is 2.00. The van der Waals surface area contributed by atoms with Gasteiger partial charge in [-0.1, -0.05) is 12.1 Å². The van der Waals surface area contributed by atoms with Crippen molar-refractivity contribution >= 4 is 22.4 Å². The van der Waals surface area contributed by atoms with Crippen LogP contribution in [-0.4, -0.2) is 10.9 Å². The highest BCUT2D eigenvalue weighted by atomic mass is 16.1. The van der Waals surface area contributed by atoms with Crippen molar-refractivity contribution in [2.24, 2.45) is 5.73 Å². The molecule has 0 saturated carbocycles. The molecule has 3 rings (SSSR count). The molecule has 1 aromatic heterocycles. The second kappa shape index (κ2) is 5.63. The van der Waals surface area contributed by atoms with E-state index in [1.54, 1.807) is 18.3 Å². The maximum absolute atomic E-state index is 11.0. The van der Waals surface area contributed by atoms with E-state index in [0.29, 0.717) is 12.1 Å². The van der Waals surface area contributed by atoms with Gasteiger partial charge in [0, 0.05) is 35.6 Å². The number of hydrogen-bond acceptors (Lipinski definition) is 3. The summed E-state index contributed by atoms with van der Waals surface area (Å²) in [5.41, 5.74) is 7.87. The first-order valence-electron chi connectivity index (χ1n) is 6.69. The van der Waals surface area contributed by atoms with Gasteiger partial charge < -0.3 is 11.1 Å². The molecule has 4 heteroatoms. The molecule has 0 saturated heterocycles. The van der Waals surface area contributed by atoms with Gasteiger partial charge in [-0.2, -0.15) is 0 Å². The summed E-state index contributed by atoms with van der Waals surface area (Å²) in [7, 11) is 0.